The molecule has 0 unspecified atom stereocenters. The van der Waals surface area contributed by atoms with Gasteiger partial charge in [0, 0.05) is 5.54 Å². The average molecular weight is 741 g/mol. The Morgan fingerprint density at radius 2 is 0.571 bits per heavy atom. The maximum absolute atomic E-state index is 2.91. The first-order chi connectivity index (χ1) is 27.4. The van der Waals surface area contributed by atoms with Crippen molar-refractivity contribution in [2.24, 2.45) is 0 Å². The van der Waals surface area contributed by atoms with E-state index in [9.17, 15) is 0 Å². The van der Waals surface area contributed by atoms with Gasteiger partial charge in [-0.3, -0.25) is 0 Å². The molecule has 56 heavy (non-hydrogen) atoms. The van der Waals surface area contributed by atoms with Gasteiger partial charge in [-0.05, 0) is 125 Å². The van der Waals surface area contributed by atoms with Crippen LogP contribution in [0.4, 0.5) is 0 Å². The summed E-state index contributed by atoms with van der Waals surface area (Å²) in [6, 6.07) is 71.2. The van der Waals surface area contributed by atoms with Gasteiger partial charge in [0.1, 0.15) is 0 Å². The molecule has 0 N–H and O–H groups in total. The standard InChI is InChI=1S/C55H52Si/c1-40-41(2)43(4)55(42(40)3)56(52-28-18-9-19-29-52,53-36-48(30-44-20-10-5-11-21-44)34-49(37-53)31-45-22-12-6-13-23-45)54-38-50(32-46-24-14-7-15-25-46)35-51(39-54)33-47-26-16-8-17-27-47/h5-29,34-39,55H,30-33H2,1-4H3. The molecule has 0 nitrogen and oxygen atoms in total. The van der Waals surface area contributed by atoms with E-state index in [-0.39, 0.29) is 5.54 Å². The van der Waals surface area contributed by atoms with E-state index in [2.05, 4.69) is 216 Å². The van der Waals surface area contributed by atoms with E-state index in [1.807, 2.05) is 0 Å². The molecule has 1 heteroatoms. The predicted molar refractivity (Wildman–Crippen MR) is 241 cm³/mol. The quantitative estimate of drug-likeness (QED) is 0.0864. The van der Waals surface area contributed by atoms with Gasteiger partial charge in [-0.15, -0.1) is 0 Å². The molecule has 276 valence electrons. The summed E-state index contributed by atoms with van der Waals surface area (Å²) in [6.07, 6.45) is 3.59. The molecule has 0 radical (unpaired) electrons. The molecule has 0 saturated carbocycles. The predicted octanol–water partition coefficient (Wildman–Crippen LogP) is 11.6. The van der Waals surface area contributed by atoms with Crippen molar-refractivity contribution in [1.29, 1.82) is 0 Å². The SMILES string of the molecule is CC1=C(C)C([Si](c2ccccc2)(c2cc(Cc3ccccc3)cc(Cc3ccccc3)c2)c2cc(Cc3ccccc3)cc(Cc3ccccc3)c2)C(C)=C1C. The molecule has 7 aromatic carbocycles. The van der Waals surface area contributed by atoms with Crippen LogP contribution in [0.3, 0.4) is 0 Å². The third kappa shape index (κ3) is 7.70. The molecule has 0 heterocycles. The molecule has 0 aliphatic heterocycles. The number of benzene rings is 7. The Bertz CT molecular complexity index is 2200. The average Bonchev–Trinajstić information content (AvgIpc) is 3.42. The summed E-state index contributed by atoms with van der Waals surface area (Å²) in [5.41, 5.74) is 17.1. The van der Waals surface area contributed by atoms with Crippen molar-refractivity contribution >= 4 is 23.6 Å². The first-order valence-corrected chi connectivity index (χ1v) is 22.3. The fourth-order valence-corrected chi connectivity index (χ4v) is 15.5. The Hall–Kier alpha value is -5.76. The maximum atomic E-state index is 2.62. The molecule has 0 fully saturated rings. The second kappa shape index (κ2) is 16.5. The Morgan fingerprint density at radius 3 is 0.857 bits per heavy atom. The highest BCUT2D eigenvalue weighted by Gasteiger charge is 2.50. The Kier molecular flexibility index (Phi) is 11.0. The van der Waals surface area contributed by atoms with Gasteiger partial charge < -0.3 is 0 Å². The van der Waals surface area contributed by atoms with Gasteiger partial charge in [0.15, 0.2) is 8.07 Å². The van der Waals surface area contributed by atoms with E-state index in [1.54, 1.807) is 0 Å². The minimum absolute atomic E-state index is 0.276. The second-order valence-electron chi connectivity index (χ2n) is 15.9. The third-order valence-electron chi connectivity index (χ3n) is 12.3. The lowest BCUT2D eigenvalue weighted by Gasteiger charge is -2.42. The van der Waals surface area contributed by atoms with Gasteiger partial charge in [-0.25, -0.2) is 0 Å². The van der Waals surface area contributed by atoms with Gasteiger partial charge in [-0.1, -0.05) is 199 Å². The maximum Gasteiger partial charge on any atom is 0.159 e. The Balaban J connectivity index is 1.45. The van der Waals surface area contributed by atoms with Crippen LogP contribution in [0.2, 0.25) is 5.54 Å². The zero-order valence-corrected chi connectivity index (χ0v) is 34.3. The van der Waals surface area contributed by atoms with E-state index < -0.39 is 8.07 Å². The van der Waals surface area contributed by atoms with Crippen molar-refractivity contribution in [3.8, 4) is 0 Å². The monoisotopic (exact) mass is 740 g/mol. The molecular formula is C55H52Si. The van der Waals surface area contributed by atoms with E-state index in [1.165, 1.54) is 82.4 Å². The van der Waals surface area contributed by atoms with Crippen LogP contribution in [0.1, 0.15) is 72.2 Å². The van der Waals surface area contributed by atoms with Crippen LogP contribution in [0.15, 0.2) is 210 Å². The van der Waals surface area contributed by atoms with Crippen molar-refractivity contribution in [3.05, 3.63) is 255 Å². The smallest absolute Gasteiger partial charge is 0.0647 e. The number of hydrogen-bond acceptors (Lipinski definition) is 0. The molecule has 0 saturated heterocycles. The van der Waals surface area contributed by atoms with Gasteiger partial charge in [0.2, 0.25) is 0 Å². The molecule has 1 aliphatic rings. The molecule has 0 amide bonds. The zero-order chi connectivity index (χ0) is 38.5. The lowest BCUT2D eigenvalue weighted by atomic mass is 9.99. The molecule has 0 bridgehead atoms. The summed E-state index contributed by atoms with van der Waals surface area (Å²) in [6.45, 7) is 9.58. The third-order valence-corrected chi connectivity index (χ3v) is 17.7. The molecule has 7 aromatic rings. The van der Waals surface area contributed by atoms with Crippen molar-refractivity contribution in [1.82, 2.24) is 0 Å². The largest absolute Gasteiger partial charge is 0.159 e. The summed E-state index contributed by atoms with van der Waals surface area (Å²) in [4.78, 5) is 0. The van der Waals surface area contributed by atoms with Crippen LogP contribution >= 0.6 is 0 Å². The van der Waals surface area contributed by atoms with Gasteiger partial charge >= 0.3 is 0 Å². The van der Waals surface area contributed by atoms with Gasteiger partial charge in [-0.2, -0.15) is 0 Å². The van der Waals surface area contributed by atoms with E-state index in [0.29, 0.717) is 0 Å². The summed E-state index contributed by atoms with van der Waals surface area (Å²) >= 11 is 0. The molecule has 0 aromatic heterocycles. The summed E-state index contributed by atoms with van der Waals surface area (Å²) in [5, 5.41) is 4.46. The summed E-state index contributed by atoms with van der Waals surface area (Å²) < 4.78 is 0. The van der Waals surface area contributed by atoms with Crippen LogP contribution in [0, 0.1) is 0 Å². The number of rotatable bonds is 12. The highest BCUT2D eigenvalue weighted by molar-refractivity contribution is 7.13. The molecule has 8 rings (SSSR count). The van der Waals surface area contributed by atoms with Crippen molar-refractivity contribution in [2.75, 3.05) is 0 Å². The van der Waals surface area contributed by atoms with E-state index in [4.69, 9.17) is 0 Å². The summed E-state index contributed by atoms with van der Waals surface area (Å²) in [7, 11) is -2.91. The minimum atomic E-state index is -2.91. The first kappa shape index (κ1) is 37.2. The molecule has 0 spiro atoms. The van der Waals surface area contributed by atoms with E-state index >= 15 is 0 Å². The van der Waals surface area contributed by atoms with Crippen LogP contribution in [0.25, 0.3) is 0 Å². The highest BCUT2D eigenvalue weighted by atomic mass is 28.3. The lowest BCUT2D eigenvalue weighted by molar-refractivity contribution is 1.08. The highest BCUT2D eigenvalue weighted by Crippen LogP contribution is 2.46. The normalized spacial score (nSPS) is 13.4. The van der Waals surface area contributed by atoms with Crippen molar-refractivity contribution < 1.29 is 0 Å². The van der Waals surface area contributed by atoms with Crippen LogP contribution in [0.5, 0.6) is 0 Å². The Morgan fingerprint density at radius 1 is 0.304 bits per heavy atom. The van der Waals surface area contributed by atoms with Crippen LogP contribution in [-0.4, -0.2) is 8.07 Å². The fourth-order valence-electron chi connectivity index (χ4n) is 9.41. The topological polar surface area (TPSA) is 0 Å². The molecule has 1 aliphatic carbocycles. The van der Waals surface area contributed by atoms with Crippen molar-refractivity contribution in [3.63, 3.8) is 0 Å². The molecular weight excluding hydrogens is 689 g/mol. The lowest BCUT2D eigenvalue weighted by Crippen LogP contribution is -2.70. The second-order valence-corrected chi connectivity index (χ2v) is 19.9. The Labute approximate surface area is 336 Å². The van der Waals surface area contributed by atoms with Crippen LogP contribution < -0.4 is 15.6 Å². The summed E-state index contributed by atoms with van der Waals surface area (Å²) in [5.74, 6) is 0. The first-order valence-electron chi connectivity index (χ1n) is 20.2. The minimum Gasteiger partial charge on any atom is -0.0647 e. The van der Waals surface area contributed by atoms with Gasteiger partial charge in [0.05, 0.1) is 0 Å². The van der Waals surface area contributed by atoms with Crippen molar-refractivity contribution in [2.45, 2.75) is 58.9 Å². The van der Waals surface area contributed by atoms with Crippen LogP contribution in [-0.2, 0) is 25.7 Å². The van der Waals surface area contributed by atoms with E-state index in [0.717, 1.165) is 25.7 Å². The molecule has 0 atom stereocenters. The number of allylic oxidation sites excluding steroid dienone is 4. The fraction of sp³-hybridized carbons (Fsp3) is 0.164. The van der Waals surface area contributed by atoms with Gasteiger partial charge in [0.25, 0.3) is 0 Å². The number of hydrogen-bond donors (Lipinski definition) is 0. The zero-order valence-electron chi connectivity index (χ0n) is 33.3.